The number of aromatic nitrogens is 1. The minimum atomic E-state index is -1.17. The molecule has 1 fully saturated rings. The zero-order valence-electron chi connectivity index (χ0n) is 24.7. The summed E-state index contributed by atoms with van der Waals surface area (Å²) in [5.74, 6) is 5.45. The highest BCUT2D eigenvalue weighted by Gasteiger charge is 2.28. The van der Waals surface area contributed by atoms with Crippen LogP contribution in [0.1, 0.15) is 56.5 Å². The molecular formula is C32H39N5O6. The minimum Gasteiger partial charge on any atom is -0.489 e. The first kappa shape index (κ1) is 31.5. The normalized spacial score (nSPS) is 15.2. The summed E-state index contributed by atoms with van der Waals surface area (Å²) in [6.07, 6.45) is 0.703. The van der Waals surface area contributed by atoms with E-state index in [1.54, 1.807) is 17.0 Å². The van der Waals surface area contributed by atoms with E-state index < -0.39 is 23.8 Å². The van der Waals surface area contributed by atoms with E-state index >= 15 is 0 Å². The van der Waals surface area contributed by atoms with Gasteiger partial charge in [-0.25, -0.2) is 20.5 Å². The van der Waals surface area contributed by atoms with Gasteiger partial charge in [-0.15, -0.1) is 0 Å². The number of hydrogen-bond acceptors (Lipinski definition) is 9. The van der Waals surface area contributed by atoms with Crippen LogP contribution in [0.3, 0.4) is 0 Å². The van der Waals surface area contributed by atoms with Gasteiger partial charge >= 0.3 is 12.1 Å². The Morgan fingerprint density at radius 3 is 2.09 bits per heavy atom. The number of carbonyl (C=O) groups is 2. The van der Waals surface area contributed by atoms with Crippen LogP contribution < -0.4 is 16.4 Å². The molecule has 0 radical (unpaired) electrons. The van der Waals surface area contributed by atoms with Crippen LogP contribution in [-0.4, -0.2) is 65.2 Å². The minimum absolute atomic E-state index is 0.0273. The second-order valence-electron chi connectivity index (χ2n) is 11.2. The van der Waals surface area contributed by atoms with E-state index in [4.69, 9.17) is 30.7 Å². The fourth-order valence-corrected chi connectivity index (χ4v) is 4.50. The molecule has 228 valence electrons. The lowest BCUT2D eigenvalue weighted by molar-refractivity contribution is -0.163. The van der Waals surface area contributed by atoms with Gasteiger partial charge in [0.05, 0.1) is 12.2 Å². The van der Waals surface area contributed by atoms with Crippen molar-refractivity contribution in [1.29, 1.82) is 0 Å². The van der Waals surface area contributed by atoms with Gasteiger partial charge in [0.2, 0.25) is 6.10 Å². The quantitative estimate of drug-likeness (QED) is 0.154. The molecule has 1 aliphatic rings. The van der Waals surface area contributed by atoms with Gasteiger partial charge in [0.15, 0.2) is 6.10 Å². The topological polar surface area (TPSA) is 152 Å². The molecule has 1 aliphatic heterocycles. The summed E-state index contributed by atoms with van der Waals surface area (Å²) in [4.78, 5) is 40.9. The summed E-state index contributed by atoms with van der Waals surface area (Å²) in [5.41, 5.74) is 7.80. The number of piperidine rings is 1. The molecule has 0 bridgehead atoms. The Bertz CT molecular complexity index is 1320. The predicted molar refractivity (Wildman–Crippen MR) is 161 cm³/mol. The van der Waals surface area contributed by atoms with Crippen LogP contribution in [0.4, 0.5) is 4.79 Å². The van der Waals surface area contributed by atoms with E-state index in [1.807, 2.05) is 81.4 Å². The molecule has 4 rings (SSSR count). The number of pyridine rings is 1. The number of rotatable bonds is 10. The second-order valence-corrected chi connectivity index (χ2v) is 11.2. The number of ether oxygens (including phenoxy) is 3. The maximum Gasteiger partial charge on any atom is 0.410 e. The monoisotopic (exact) mass is 589 g/mol. The average molecular weight is 590 g/mol. The number of hydrogen-bond donors (Lipinski definition) is 2. The van der Waals surface area contributed by atoms with Crippen molar-refractivity contribution < 1.29 is 28.6 Å². The van der Waals surface area contributed by atoms with Crippen molar-refractivity contribution in [2.24, 2.45) is 16.6 Å². The van der Waals surface area contributed by atoms with Crippen LogP contribution in [0.15, 0.2) is 84.0 Å². The Labute approximate surface area is 251 Å². The molecular weight excluding hydrogens is 550 g/mol. The van der Waals surface area contributed by atoms with E-state index in [9.17, 15) is 9.59 Å². The highest BCUT2D eigenvalue weighted by atomic mass is 16.7. The fraction of sp³-hybridized carbons (Fsp3) is 0.375. The number of amides is 1. The first-order valence-electron chi connectivity index (χ1n) is 14.2. The molecule has 1 amide bonds. The van der Waals surface area contributed by atoms with Crippen LogP contribution in [0, 0.1) is 0 Å². The number of likely N-dealkylation sites (tertiary alicyclic amines) is 1. The maximum absolute atomic E-state index is 13.0. The van der Waals surface area contributed by atoms with Gasteiger partial charge in [-0.1, -0.05) is 60.7 Å². The largest absolute Gasteiger partial charge is 0.489 e. The number of carbonyl (C=O) groups excluding carboxylic acids is 2. The number of benzene rings is 2. The van der Waals surface area contributed by atoms with E-state index in [1.165, 1.54) is 6.20 Å². The summed E-state index contributed by atoms with van der Waals surface area (Å²) in [7, 11) is 0. The summed E-state index contributed by atoms with van der Waals surface area (Å²) >= 11 is 0. The summed E-state index contributed by atoms with van der Waals surface area (Å²) in [6.45, 7) is 6.43. The van der Waals surface area contributed by atoms with Gasteiger partial charge in [-0.3, -0.25) is 9.83 Å². The molecule has 1 saturated heterocycles. The highest BCUT2D eigenvalue weighted by Crippen LogP contribution is 2.27. The predicted octanol–water partition coefficient (Wildman–Crippen LogP) is 4.16. The summed E-state index contributed by atoms with van der Waals surface area (Å²) < 4.78 is 17.0. The molecule has 1 aromatic heterocycles. The molecule has 2 heterocycles. The van der Waals surface area contributed by atoms with Gasteiger partial charge in [0, 0.05) is 13.1 Å². The molecule has 43 heavy (non-hydrogen) atoms. The van der Waals surface area contributed by atoms with Crippen molar-refractivity contribution in [3.63, 3.8) is 0 Å². The number of aliphatic imine (C=N–C) groups is 1. The van der Waals surface area contributed by atoms with Crippen molar-refractivity contribution in [2.45, 2.75) is 57.5 Å². The number of esters is 1. The van der Waals surface area contributed by atoms with Gasteiger partial charge in [0.25, 0.3) is 0 Å². The van der Waals surface area contributed by atoms with Crippen LogP contribution in [0.25, 0.3) is 0 Å². The first-order chi connectivity index (χ1) is 20.6. The van der Waals surface area contributed by atoms with Crippen LogP contribution in [0.2, 0.25) is 0 Å². The lowest BCUT2D eigenvalue weighted by Crippen LogP contribution is -2.42. The zero-order chi connectivity index (χ0) is 30.8. The standard InChI is InChI=1S/C32H39N5O6/c1-32(2,3)42-31(39)37-18-16-24(17-19-37)36-29(33)26-15-14-25(20-35-26)40-21-27(43-34)30(38)41-28(22-10-6-4-7-11-22)23-12-8-5-9-13-23/h4-15,20,24,27-28H,16-19,21,34H2,1-3H3,(H2,33,36)/t27-/m1/s1. The molecule has 0 aliphatic carbocycles. The van der Waals surface area contributed by atoms with E-state index in [-0.39, 0.29) is 18.7 Å². The van der Waals surface area contributed by atoms with Crippen LogP contribution >= 0.6 is 0 Å². The van der Waals surface area contributed by atoms with E-state index in [0.29, 0.717) is 43.2 Å². The third-order valence-electron chi connectivity index (χ3n) is 6.70. The van der Waals surface area contributed by atoms with Gasteiger partial charge in [0.1, 0.15) is 29.5 Å². The van der Waals surface area contributed by atoms with E-state index in [2.05, 4.69) is 9.98 Å². The number of amidine groups is 1. The lowest BCUT2D eigenvalue weighted by atomic mass is 10.0. The van der Waals surface area contributed by atoms with E-state index in [0.717, 1.165) is 11.1 Å². The fourth-order valence-electron chi connectivity index (χ4n) is 4.50. The Balaban J connectivity index is 1.30. The summed E-state index contributed by atoms with van der Waals surface area (Å²) in [6, 6.07) is 22.2. The van der Waals surface area contributed by atoms with Crippen molar-refractivity contribution in [3.8, 4) is 5.75 Å². The van der Waals surface area contributed by atoms with Crippen molar-refractivity contribution in [3.05, 3.63) is 95.8 Å². The van der Waals surface area contributed by atoms with Crippen LogP contribution in [0.5, 0.6) is 5.75 Å². The summed E-state index contributed by atoms with van der Waals surface area (Å²) in [5, 5.41) is 0. The molecule has 2 aromatic carbocycles. The second kappa shape index (κ2) is 14.6. The highest BCUT2D eigenvalue weighted by molar-refractivity contribution is 5.95. The molecule has 3 aromatic rings. The Kier molecular flexibility index (Phi) is 10.7. The Morgan fingerprint density at radius 2 is 1.58 bits per heavy atom. The third-order valence-corrected chi connectivity index (χ3v) is 6.70. The molecule has 0 spiro atoms. The Morgan fingerprint density at radius 1 is 0.977 bits per heavy atom. The lowest BCUT2D eigenvalue weighted by Gasteiger charge is -2.32. The van der Waals surface area contributed by atoms with Crippen LogP contribution in [-0.2, 0) is 19.1 Å². The number of nitrogens with two attached hydrogens (primary N) is 2. The van der Waals surface area contributed by atoms with Crippen molar-refractivity contribution in [1.82, 2.24) is 9.88 Å². The average Bonchev–Trinajstić information content (AvgIpc) is 3.01. The molecule has 4 N–H and O–H groups in total. The zero-order valence-corrected chi connectivity index (χ0v) is 24.7. The molecule has 0 unspecified atom stereocenters. The van der Waals surface area contributed by atoms with Gasteiger partial charge in [-0.05, 0) is 56.9 Å². The van der Waals surface area contributed by atoms with Gasteiger partial charge in [-0.2, -0.15) is 0 Å². The number of nitrogens with zero attached hydrogens (tertiary/aromatic N) is 3. The maximum atomic E-state index is 13.0. The molecule has 11 nitrogen and oxygen atoms in total. The SMILES string of the molecule is CC(C)(C)OC(=O)N1CCC(N=C(N)c2ccc(OC[C@@H](ON)C(=O)OC(c3ccccc3)c3ccccc3)cn2)CC1. The molecule has 11 heteroatoms. The first-order valence-corrected chi connectivity index (χ1v) is 14.2. The Hall–Kier alpha value is -4.48. The van der Waals surface area contributed by atoms with Crippen molar-refractivity contribution >= 4 is 17.9 Å². The smallest absolute Gasteiger partial charge is 0.410 e. The molecule has 1 atom stereocenters. The van der Waals surface area contributed by atoms with Crippen molar-refractivity contribution in [2.75, 3.05) is 19.7 Å². The molecule has 0 saturated carbocycles. The third kappa shape index (κ3) is 9.25. The van der Waals surface area contributed by atoms with Gasteiger partial charge < -0.3 is 24.8 Å².